The van der Waals surface area contributed by atoms with Crippen molar-refractivity contribution in [3.05, 3.63) is 47.5 Å². The number of halogens is 1. The molecule has 2 aromatic rings. The molecule has 1 aliphatic heterocycles. The quantitative estimate of drug-likeness (QED) is 0.597. The summed E-state index contributed by atoms with van der Waals surface area (Å²) in [5.41, 5.74) is 1.59. The predicted octanol–water partition coefficient (Wildman–Crippen LogP) is 2.94. The number of piperazine rings is 1. The number of rotatable bonds is 8. The van der Waals surface area contributed by atoms with Gasteiger partial charge in [-0.3, -0.25) is 14.6 Å². The average molecular weight is 463 g/mol. The van der Waals surface area contributed by atoms with Gasteiger partial charge in [0.15, 0.2) is 17.3 Å². The van der Waals surface area contributed by atoms with Gasteiger partial charge in [-0.1, -0.05) is 18.2 Å². The molecule has 2 aliphatic rings. The molecular weight excluding hydrogens is 432 g/mol. The highest BCUT2D eigenvalue weighted by Gasteiger charge is 2.40. The fraction of sp³-hybridized carbons (Fsp3) is 0.458. The van der Waals surface area contributed by atoms with Crippen molar-refractivity contribution >= 4 is 18.2 Å². The molecule has 4 rings (SSSR count). The lowest BCUT2D eigenvalue weighted by Crippen LogP contribution is -2.52. The molecule has 1 fully saturated rings. The first-order valence-corrected chi connectivity index (χ1v) is 10.7. The smallest absolute Gasteiger partial charge is 0.204 e. The Morgan fingerprint density at radius 1 is 0.938 bits per heavy atom. The third-order valence-electron chi connectivity index (χ3n) is 6.14. The Morgan fingerprint density at radius 2 is 1.62 bits per heavy atom. The normalized spacial score (nSPS) is 18.6. The van der Waals surface area contributed by atoms with E-state index in [4.69, 9.17) is 18.9 Å². The van der Waals surface area contributed by atoms with Crippen LogP contribution in [-0.4, -0.2) is 82.3 Å². The van der Waals surface area contributed by atoms with E-state index >= 15 is 0 Å². The first kappa shape index (κ1) is 24.2. The van der Waals surface area contributed by atoms with Gasteiger partial charge in [0.05, 0.1) is 32.9 Å². The Labute approximate surface area is 195 Å². The fourth-order valence-electron chi connectivity index (χ4n) is 4.51. The summed E-state index contributed by atoms with van der Waals surface area (Å²) >= 11 is 0. The fourth-order valence-corrected chi connectivity index (χ4v) is 4.51. The van der Waals surface area contributed by atoms with Crippen molar-refractivity contribution in [2.45, 2.75) is 12.5 Å². The summed E-state index contributed by atoms with van der Waals surface area (Å²) in [7, 11) is 4.72. The van der Waals surface area contributed by atoms with Crippen molar-refractivity contribution in [1.29, 1.82) is 0 Å². The maximum atomic E-state index is 13.3. The minimum atomic E-state index is -0.163. The number of nitrogens with zero attached hydrogens (tertiary/aromatic N) is 2. The van der Waals surface area contributed by atoms with Gasteiger partial charge in [0, 0.05) is 32.7 Å². The van der Waals surface area contributed by atoms with Gasteiger partial charge in [-0.15, -0.1) is 12.4 Å². The summed E-state index contributed by atoms with van der Waals surface area (Å²) in [5.74, 6) is 2.54. The van der Waals surface area contributed by atoms with Gasteiger partial charge >= 0.3 is 0 Å². The molecule has 0 radical (unpaired) electrons. The van der Waals surface area contributed by atoms with E-state index in [2.05, 4.69) is 9.80 Å². The molecule has 8 heteroatoms. The number of carbonyl (C=O) groups is 1. The van der Waals surface area contributed by atoms with Crippen molar-refractivity contribution < 1.29 is 23.7 Å². The number of hydrogen-bond donors (Lipinski definition) is 0. The lowest BCUT2D eigenvalue weighted by Gasteiger charge is -2.37. The van der Waals surface area contributed by atoms with Crippen LogP contribution in [0, 0.1) is 0 Å². The topological polar surface area (TPSA) is 60.5 Å². The molecule has 0 N–H and O–H groups in total. The molecule has 174 valence electrons. The summed E-state index contributed by atoms with van der Waals surface area (Å²) in [4.78, 5) is 18.0. The molecule has 0 bridgehead atoms. The number of fused-ring (bicyclic) bond motifs is 1. The number of Topliss-reactive ketones (excluding diaryl/α,β-unsaturated/α-hetero) is 1. The van der Waals surface area contributed by atoms with Crippen LogP contribution in [0.3, 0.4) is 0 Å². The maximum Gasteiger partial charge on any atom is 0.204 e. The van der Waals surface area contributed by atoms with E-state index in [1.54, 1.807) is 21.3 Å². The third kappa shape index (κ3) is 4.80. The van der Waals surface area contributed by atoms with Gasteiger partial charge in [-0.2, -0.15) is 0 Å². The number of methoxy groups -OCH3 is 3. The first-order valence-electron chi connectivity index (χ1n) is 10.7. The molecular formula is C24H31ClN2O5. The van der Waals surface area contributed by atoms with Gasteiger partial charge < -0.3 is 18.9 Å². The summed E-state index contributed by atoms with van der Waals surface area (Å²) in [6.07, 6.45) is 0.669. The van der Waals surface area contributed by atoms with Crippen LogP contribution in [0.25, 0.3) is 0 Å². The summed E-state index contributed by atoms with van der Waals surface area (Å²) in [6, 6.07) is 11.6. The molecule has 0 saturated carbocycles. The van der Waals surface area contributed by atoms with Crippen LogP contribution in [-0.2, 0) is 6.42 Å². The Kier molecular flexibility index (Phi) is 8.23. The van der Waals surface area contributed by atoms with Crippen molar-refractivity contribution in [1.82, 2.24) is 9.80 Å². The minimum Gasteiger partial charge on any atom is -0.493 e. The zero-order chi connectivity index (χ0) is 21.8. The molecule has 0 amide bonds. The van der Waals surface area contributed by atoms with Crippen molar-refractivity contribution in [3.63, 3.8) is 0 Å². The monoisotopic (exact) mass is 462 g/mol. The second kappa shape index (κ2) is 10.9. The number of ketones is 1. The molecule has 1 atom stereocenters. The van der Waals surface area contributed by atoms with Crippen molar-refractivity contribution in [2.75, 3.05) is 60.7 Å². The molecule has 32 heavy (non-hydrogen) atoms. The van der Waals surface area contributed by atoms with E-state index in [0.29, 0.717) is 35.8 Å². The molecule has 1 unspecified atom stereocenters. The minimum absolute atomic E-state index is 0. The summed E-state index contributed by atoms with van der Waals surface area (Å²) in [6.45, 7) is 5.08. The van der Waals surface area contributed by atoms with Gasteiger partial charge in [-0.25, -0.2) is 0 Å². The van der Waals surface area contributed by atoms with Gasteiger partial charge in [0.25, 0.3) is 0 Å². The molecule has 7 nitrogen and oxygen atoms in total. The van der Waals surface area contributed by atoms with Gasteiger partial charge in [0.2, 0.25) is 5.75 Å². The number of hydrogen-bond acceptors (Lipinski definition) is 7. The highest BCUT2D eigenvalue weighted by molar-refractivity contribution is 6.07. The van der Waals surface area contributed by atoms with Crippen LogP contribution in [0.4, 0.5) is 0 Å². The standard InChI is InChI=1S/C24H30N2O5.ClH/c1-28-20-16-17-15-19(22(27)21(17)24(30-3)23(20)29-2)26-11-9-25(10-12-26)13-14-31-18-7-5-4-6-8-18;/h4-8,16,19H,9-15H2,1-3H3;1H. The van der Waals surface area contributed by atoms with E-state index in [-0.39, 0.29) is 24.2 Å². The third-order valence-corrected chi connectivity index (χ3v) is 6.14. The highest BCUT2D eigenvalue weighted by Crippen LogP contribution is 2.45. The first-order chi connectivity index (χ1) is 15.2. The SMILES string of the molecule is COc1cc2c(c(OC)c1OC)C(=O)C(N1CCN(CCOc3ccccc3)CC1)C2.Cl. The van der Waals surface area contributed by atoms with Crippen LogP contribution >= 0.6 is 12.4 Å². The molecule has 0 aromatic heterocycles. The highest BCUT2D eigenvalue weighted by atomic mass is 35.5. The number of ether oxygens (including phenoxy) is 4. The van der Waals surface area contributed by atoms with E-state index < -0.39 is 0 Å². The largest absolute Gasteiger partial charge is 0.493 e. The Bertz CT molecular complexity index is 916. The van der Waals surface area contributed by atoms with Gasteiger partial charge in [-0.05, 0) is 30.2 Å². The number of benzene rings is 2. The average Bonchev–Trinajstić information content (AvgIpc) is 3.15. The maximum absolute atomic E-state index is 13.3. The van der Waals surface area contributed by atoms with Crippen LogP contribution < -0.4 is 18.9 Å². The molecule has 1 aliphatic carbocycles. The molecule has 2 aromatic carbocycles. The van der Waals surface area contributed by atoms with E-state index in [0.717, 1.165) is 44.0 Å². The zero-order valence-electron chi connectivity index (χ0n) is 18.8. The second-order valence-corrected chi connectivity index (χ2v) is 7.80. The van der Waals surface area contributed by atoms with Crippen LogP contribution in [0.15, 0.2) is 36.4 Å². The molecule has 1 saturated heterocycles. The lowest BCUT2D eigenvalue weighted by molar-refractivity contribution is 0.0665. The Hall–Kier alpha value is -2.48. The van der Waals surface area contributed by atoms with Crippen LogP contribution in [0.2, 0.25) is 0 Å². The van der Waals surface area contributed by atoms with E-state index in [1.807, 2.05) is 36.4 Å². The van der Waals surface area contributed by atoms with Crippen molar-refractivity contribution in [3.8, 4) is 23.0 Å². The van der Waals surface area contributed by atoms with Gasteiger partial charge in [0.1, 0.15) is 12.4 Å². The van der Waals surface area contributed by atoms with Crippen LogP contribution in [0.1, 0.15) is 15.9 Å². The van der Waals surface area contributed by atoms with E-state index in [9.17, 15) is 4.79 Å². The van der Waals surface area contributed by atoms with Crippen LogP contribution in [0.5, 0.6) is 23.0 Å². The Balaban J connectivity index is 0.00000289. The molecule has 0 spiro atoms. The number of para-hydroxylation sites is 1. The Morgan fingerprint density at radius 3 is 2.25 bits per heavy atom. The zero-order valence-corrected chi connectivity index (χ0v) is 19.7. The van der Waals surface area contributed by atoms with Crippen molar-refractivity contribution in [2.24, 2.45) is 0 Å². The predicted molar refractivity (Wildman–Crippen MR) is 125 cm³/mol. The second-order valence-electron chi connectivity index (χ2n) is 7.80. The summed E-state index contributed by atoms with van der Waals surface area (Å²) < 4.78 is 22.3. The molecule has 1 heterocycles. The number of carbonyl (C=O) groups excluding carboxylic acids is 1. The van der Waals surface area contributed by atoms with E-state index in [1.165, 1.54) is 0 Å². The summed E-state index contributed by atoms with van der Waals surface area (Å²) in [5, 5.41) is 0. The lowest BCUT2D eigenvalue weighted by atomic mass is 10.1.